The van der Waals surface area contributed by atoms with Gasteiger partial charge in [0.1, 0.15) is 6.54 Å². The minimum absolute atomic E-state index is 0.0694. The molecule has 0 rings (SSSR count). The zero-order chi connectivity index (χ0) is 9.49. The minimum atomic E-state index is -1.00. The van der Waals surface area contributed by atoms with Crippen molar-refractivity contribution in [1.29, 1.82) is 0 Å². The molecule has 0 saturated heterocycles. The van der Waals surface area contributed by atoms with Crippen LogP contribution in [-0.4, -0.2) is 43.0 Å². The monoisotopic (exact) mass is 181 g/mol. The van der Waals surface area contributed by atoms with Crippen molar-refractivity contribution in [1.82, 2.24) is 0 Å². The molecule has 5 nitrogen and oxygen atoms in total. The van der Waals surface area contributed by atoms with Gasteiger partial charge in [0, 0.05) is 0 Å². The van der Waals surface area contributed by atoms with Crippen LogP contribution in [0.5, 0.6) is 0 Å². The molecule has 0 atom stereocenters. The molecule has 0 aromatic heterocycles. The molecule has 1 N–H and O–H groups in total. The Hall–Kier alpha value is -0.510. The lowest BCUT2D eigenvalue weighted by molar-refractivity contribution is -0.864. The van der Waals surface area contributed by atoms with Crippen LogP contribution >= 0.6 is 8.69 Å². The average Bonchev–Trinajstić information content (AvgIpc) is 1.57. The number of carboxylic acid groups (broad SMARTS) is 1. The van der Waals surface area contributed by atoms with Gasteiger partial charge in [0.05, 0.1) is 27.1 Å². The first-order valence-corrected chi connectivity index (χ1v) is 3.57. The highest BCUT2D eigenvalue weighted by Crippen LogP contribution is 1.84. The molecule has 6 heteroatoms. The third-order valence-corrected chi connectivity index (χ3v) is 0.603. The summed E-state index contributed by atoms with van der Waals surface area (Å²) in [5.41, 5.74) is 0. The van der Waals surface area contributed by atoms with Gasteiger partial charge in [-0.2, -0.15) is 0 Å². The number of likely N-dealkylation sites (N-methyl/N-ethyl adjacent to an activating group) is 1. The maximum Gasteiger partial charge on any atom is 0.324 e. The highest BCUT2D eigenvalue weighted by molar-refractivity contribution is 7.16. The van der Waals surface area contributed by atoms with Gasteiger partial charge in [0.25, 0.3) is 0 Å². The quantitative estimate of drug-likeness (QED) is 0.421. The first-order valence-electron chi connectivity index (χ1n) is 2.80. The highest BCUT2D eigenvalue weighted by atomic mass is 31.1. The van der Waals surface area contributed by atoms with E-state index < -0.39 is 14.7 Å². The molecular weight excluding hydrogens is 169 g/mol. The molecular formula is C5H12NO4P. The predicted molar refractivity (Wildman–Crippen MR) is 37.7 cm³/mol. The lowest BCUT2D eigenvalue weighted by Gasteiger charge is -2.23. The van der Waals surface area contributed by atoms with Gasteiger partial charge in [-0.3, -0.25) is 0 Å². The van der Waals surface area contributed by atoms with Crippen LogP contribution < -0.4 is 5.11 Å². The summed E-state index contributed by atoms with van der Waals surface area (Å²) in [6, 6.07) is 0. The van der Waals surface area contributed by atoms with Crippen LogP contribution in [-0.2, 0) is 9.36 Å². The Labute approximate surface area is 67.1 Å². The second-order valence-electron chi connectivity index (χ2n) is 2.90. The van der Waals surface area contributed by atoms with Crippen LogP contribution in [0.3, 0.4) is 0 Å². The third kappa shape index (κ3) is 26.4. The molecule has 0 fully saturated rings. The predicted octanol–water partition coefficient (Wildman–Crippen LogP) is -1.37. The first-order chi connectivity index (χ1) is 4.83. The van der Waals surface area contributed by atoms with Crippen molar-refractivity contribution in [3.8, 4) is 0 Å². The maximum absolute atomic E-state index is 9.89. The van der Waals surface area contributed by atoms with Gasteiger partial charge in [-0.1, -0.05) is 0 Å². The fourth-order valence-electron chi connectivity index (χ4n) is 0.387. The van der Waals surface area contributed by atoms with Gasteiger partial charge in [-0.05, 0) is 0 Å². The van der Waals surface area contributed by atoms with E-state index in [4.69, 9.17) is 9.46 Å². The van der Waals surface area contributed by atoms with Crippen LogP contribution in [0.15, 0.2) is 0 Å². The van der Waals surface area contributed by atoms with E-state index in [2.05, 4.69) is 0 Å². The summed E-state index contributed by atoms with van der Waals surface area (Å²) >= 11 is 0. The van der Waals surface area contributed by atoms with Crippen molar-refractivity contribution in [3.63, 3.8) is 0 Å². The standard InChI is InChI=1S/C5H11NO2.HO2P/c1-6(2,3)4-5(7)8;1-3-2/h4H2,1-3H3;(H,1,2). The Balaban J connectivity index is 0. The van der Waals surface area contributed by atoms with Crippen LogP contribution in [0.25, 0.3) is 0 Å². The Kier molecular flexibility index (Phi) is 7.41. The van der Waals surface area contributed by atoms with Crippen LogP contribution in [0.1, 0.15) is 0 Å². The fraction of sp³-hybridized carbons (Fsp3) is 0.800. The smallest absolute Gasteiger partial charge is 0.324 e. The van der Waals surface area contributed by atoms with Crippen molar-refractivity contribution in [3.05, 3.63) is 0 Å². The van der Waals surface area contributed by atoms with Gasteiger partial charge in [0.15, 0.2) is 0 Å². The van der Waals surface area contributed by atoms with Crippen molar-refractivity contribution >= 4 is 14.7 Å². The molecule has 0 unspecified atom stereocenters. The number of quaternary nitrogens is 1. The molecule has 0 radical (unpaired) electrons. The van der Waals surface area contributed by atoms with E-state index in [0.717, 1.165) is 0 Å². The second-order valence-corrected chi connectivity index (χ2v) is 3.07. The van der Waals surface area contributed by atoms with Crippen molar-refractivity contribution < 1.29 is 23.8 Å². The summed E-state index contributed by atoms with van der Waals surface area (Å²) in [5.74, 6) is -1.00. The number of hydrogen-bond donors (Lipinski definition) is 1. The summed E-state index contributed by atoms with van der Waals surface area (Å²) in [7, 11) is 4.57. The van der Waals surface area contributed by atoms with Gasteiger partial charge in [0.2, 0.25) is 0 Å². The summed E-state index contributed by atoms with van der Waals surface area (Å²) < 4.78 is 8.88. The van der Waals surface area contributed by atoms with E-state index >= 15 is 0 Å². The molecule has 0 heterocycles. The molecule has 0 saturated carbocycles. The van der Waals surface area contributed by atoms with Crippen molar-refractivity contribution in [2.45, 2.75) is 0 Å². The van der Waals surface area contributed by atoms with E-state index in [1.807, 2.05) is 0 Å². The highest BCUT2D eigenvalue weighted by Gasteiger charge is 2.04. The number of aliphatic carboxylic acids is 1. The van der Waals surface area contributed by atoms with Gasteiger partial charge in [-0.25, -0.2) is 4.57 Å². The SMILES string of the molecule is C[N+](C)(C)CC(=O)[O-].O=PO. The maximum atomic E-state index is 9.89. The molecule has 0 aliphatic rings. The number of rotatable bonds is 2. The van der Waals surface area contributed by atoms with E-state index in [1.54, 1.807) is 21.1 Å². The second kappa shape index (κ2) is 6.22. The minimum Gasteiger partial charge on any atom is -0.544 e. The number of carbonyl (C=O) groups is 1. The van der Waals surface area contributed by atoms with E-state index in [9.17, 15) is 9.90 Å². The van der Waals surface area contributed by atoms with Gasteiger partial charge in [-0.15, -0.1) is 0 Å². The van der Waals surface area contributed by atoms with E-state index in [-0.39, 0.29) is 6.54 Å². The topological polar surface area (TPSA) is 77.4 Å². The largest absolute Gasteiger partial charge is 0.544 e. The zero-order valence-corrected chi connectivity index (χ0v) is 7.67. The molecule has 0 amide bonds. The lowest BCUT2D eigenvalue weighted by Crippen LogP contribution is -2.45. The molecule has 0 aromatic carbocycles. The van der Waals surface area contributed by atoms with E-state index in [1.165, 1.54) is 0 Å². The number of hydrogen-bond acceptors (Lipinski definition) is 3. The Morgan fingerprint density at radius 1 is 1.55 bits per heavy atom. The van der Waals surface area contributed by atoms with Crippen molar-refractivity contribution in [2.24, 2.45) is 0 Å². The number of nitrogens with zero attached hydrogens (tertiary/aromatic N) is 1. The van der Waals surface area contributed by atoms with Crippen molar-refractivity contribution in [2.75, 3.05) is 27.7 Å². The summed E-state index contributed by atoms with van der Waals surface area (Å²) in [5, 5.41) is 9.89. The zero-order valence-electron chi connectivity index (χ0n) is 6.77. The Morgan fingerprint density at radius 2 is 1.82 bits per heavy atom. The average molecular weight is 181 g/mol. The molecule has 66 valence electrons. The summed E-state index contributed by atoms with van der Waals surface area (Å²) in [4.78, 5) is 16.9. The van der Waals surface area contributed by atoms with E-state index in [0.29, 0.717) is 4.48 Å². The van der Waals surface area contributed by atoms with Gasteiger partial charge >= 0.3 is 8.69 Å². The summed E-state index contributed by atoms with van der Waals surface area (Å²) in [6.07, 6.45) is 0. The Bertz CT molecular complexity index is 131. The number of carboxylic acids is 1. The summed E-state index contributed by atoms with van der Waals surface area (Å²) in [6.45, 7) is 0.0694. The molecule has 0 aromatic rings. The molecule has 0 aliphatic heterocycles. The Morgan fingerprint density at radius 3 is 1.82 bits per heavy atom. The molecule has 0 spiro atoms. The molecule has 0 aliphatic carbocycles. The van der Waals surface area contributed by atoms with Gasteiger partial charge < -0.3 is 19.3 Å². The lowest BCUT2D eigenvalue weighted by atomic mass is 10.5. The normalized spacial score (nSPS) is 10.2. The molecule has 11 heavy (non-hydrogen) atoms. The first kappa shape index (κ1) is 13.1. The third-order valence-electron chi connectivity index (χ3n) is 0.603. The fourth-order valence-corrected chi connectivity index (χ4v) is 0.387. The molecule has 0 bridgehead atoms. The van der Waals surface area contributed by atoms with Crippen LogP contribution in [0.2, 0.25) is 0 Å². The number of carbonyl (C=O) groups excluding carboxylic acids is 1. The van der Waals surface area contributed by atoms with Crippen LogP contribution in [0, 0.1) is 0 Å². The van der Waals surface area contributed by atoms with Crippen LogP contribution in [0.4, 0.5) is 0 Å².